The number of carbonyl (C=O) groups is 1. The number of hydrogen-bond donors (Lipinski definition) is 1. The molecule has 126 valence electrons. The van der Waals surface area contributed by atoms with Crippen molar-refractivity contribution in [2.75, 3.05) is 33.5 Å². The van der Waals surface area contributed by atoms with Gasteiger partial charge < -0.3 is 23.3 Å². The lowest BCUT2D eigenvalue weighted by atomic mass is 10.2. The molecule has 21 heavy (non-hydrogen) atoms. The maximum Gasteiger partial charge on any atom is 0.500 e. The van der Waals surface area contributed by atoms with Crippen molar-refractivity contribution in [2.24, 2.45) is 0 Å². The van der Waals surface area contributed by atoms with Gasteiger partial charge in [0.25, 0.3) is 0 Å². The average molecular weight is 321 g/mol. The van der Waals surface area contributed by atoms with Crippen LogP contribution in [0.4, 0.5) is 4.79 Å². The van der Waals surface area contributed by atoms with Gasteiger partial charge in [0.15, 0.2) is 0 Å². The molecule has 0 radical (unpaired) electrons. The SMILES string of the molecule is CCO[Si](CCCCCCNC(=O)OC)(OCC)OCC. The summed E-state index contributed by atoms with van der Waals surface area (Å²) in [6.45, 7) is 8.42. The van der Waals surface area contributed by atoms with Gasteiger partial charge in [0.05, 0.1) is 7.11 Å². The fourth-order valence-corrected chi connectivity index (χ4v) is 4.77. The van der Waals surface area contributed by atoms with Gasteiger partial charge in [-0.15, -0.1) is 0 Å². The molecule has 0 spiro atoms. The summed E-state index contributed by atoms with van der Waals surface area (Å²) >= 11 is 0. The first-order valence-corrected chi connectivity index (χ1v) is 9.81. The summed E-state index contributed by atoms with van der Waals surface area (Å²) in [4.78, 5) is 10.9. The quantitative estimate of drug-likeness (QED) is 0.417. The van der Waals surface area contributed by atoms with E-state index < -0.39 is 8.80 Å². The zero-order valence-electron chi connectivity index (χ0n) is 13.9. The lowest BCUT2D eigenvalue weighted by Crippen LogP contribution is -2.45. The van der Waals surface area contributed by atoms with Gasteiger partial charge in [-0.2, -0.15) is 0 Å². The van der Waals surface area contributed by atoms with E-state index in [1.807, 2.05) is 20.8 Å². The van der Waals surface area contributed by atoms with E-state index >= 15 is 0 Å². The smallest absolute Gasteiger partial charge is 0.453 e. The number of hydrogen-bond acceptors (Lipinski definition) is 5. The van der Waals surface area contributed by atoms with Gasteiger partial charge in [-0.25, -0.2) is 4.79 Å². The molecule has 1 N–H and O–H groups in total. The molecular formula is C14H31NO5Si. The number of ether oxygens (including phenoxy) is 1. The standard InChI is InChI=1S/C14H31NO5Si/c1-5-18-21(19-6-2,20-7-3)13-11-9-8-10-12-15-14(16)17-4/h5-13H2,1-4H3,(H,15,16). The third-order valence-electron chi connectivity index (χ3n) is 2.96. The first-order chi connectivity index (χ1) is 10.1. The largest absolute Gasteiger partial charge is 0.500 e. The summed E-state index contributed by atoms with van der Waals surface area (Å²) in [6, 6.07) is 0.854. The van der Waals surface area contributed by atoms with Crippen LogP contribution in [0.1, 0.15) is 46.5 Å². The Morgan fingerprint density at radius 2 is 1.43 bits per heavy atom. The van der Waals surface area contributed by atoms with Crippen LogP contribution in [-0.4, -0.2) is 48.4 Å². The summed E-state index contributed by atoms with van der Waals surface area (Å²) in [7, 11) is -1.11. The molecule has 0 rings (SSSR count). The van der Waals surface area contributed by atoms with Crippen LogP contribution in [0.5, 0.6) is 0 Å². The minimum absolute atomic E-state index is 0.370. The zero-order valence-corrected chi connectivity index (χ0v) is 14.9. The fourth-order valence-electron chi connectivity index (χ4n) is 2.08. The molecule has 0 aliphatic rings. The molecule has 0 aromatic rings. The van der Waals surface area contributed by atoms with Crippen LogP contribution in [0, 0.1) is 0 Å². The highest BCUT2D eigenvalue weighted by molar-refractivity contribution is 6.60. The summed E-state index contributed by atoms with van der Waals surface area (Å²) in [5, 5.41) is 2.67. The molecule has 0 aromatic carbocycles. The second-order valence-electron chi connectivity index (χ2n) is 4.56. The Kier molecular flexibility index (Phi) is 12.7. The van der Waals surface area contributed by atoms with Gasteiger partial charge in [0.1, 0.15) is 0 Å². The van der Waals surface area contributed by atoms with Gasteiger partial charge in [0, 0.05) is 32.4 Å². The Hall–Kier alpha value is -0.633. The lowest BCUT2D eigenvalue weighted by Gasteiger charge is -2.28. The minimum Gasteiger partial charge on any atom is -0.453 e. The second-order valence-corrected chi connectivity index (χ2v) is 7.30. The molecule has 0 unspecified atom stereocenters. The predicted octanol–water partition coefficient (Wildman–Crippen LogP) is 2.95. The maximum atomic E-state index is 10.9. The van der Waals surface area contributed by atoms with Crippen molar-refractivity contribution >= 4 is 14.9 Å². The van der Waals surface area contributed by atoms with Crippen molar-refractivity contribution in [2.45, 2.75) is 52.5 Å². The molecule has 0 saturated carbocycles. The number of unbranched alkanes of at least 4 members (excludes halogenated alkanes) is 3. The van der Waals surface area contributed by atoms with Crippen molar-refractivity contribution < 1.29 is 22.8 Å². The summed E-state index contributed by atoms with van der Waals surface area (Å²) in [6.07, 6.45) is 3.72. The molecular weight excluding hydrogens is 290 g/mol. The Morgan fingerprint density at radius 1 is 0.905 bits per heavy atom. The second kappa shape index (κ2) is 13.1. The van der Waals surface area contributed by atoms with E-state index in [0.717, 1.165) is 31.7 Å². The highest BCUT2D eigenvalue weighted by atomic mass is 28.4. The molecule has 0 fully saturated rings. The van der Waals surface area contributed by atoms with Gasteiger partial charge in [-0.1, -0.05) is 12.8 Å². The van der Waals surface area contributed by atoms with Crippen LogP contribution < -0.4 is 5.32 Å². The van der Waals surface area contributed by atoms with Crippen molar-refractivity contribution in [3.8, 4) is 0 Å². The van der Waals surface area contributed by atoms with Crippen LogP contribution in [0.15, 0.2) is 0 Å². The van der Waals surface area contributed by atoms with Crippen molar-refractivity contribution in [1.29, 1.82) is 0 Å². The van der Waals surface area contributed by atoms with E-state index in [2.05, 4.69) is 10.1 Å². The molecule has 7 heteroatoms. The van der Waals surface area contributed by atoms with E-state index in [4.69, 9.17) is 13.3 Å². The van der Waals surface area contributed by atoms with Crippen LogP contribution in [0.25, 0.3) is 0 Å². The monoisotopic (exact) mass is 321 g/mol. The highest BCUT2D eigenvalue weighted by Gasteiger charge is 2.39. The van der Waals surface area contributed by atoms with Gasteiger partial charge in [0.2, 0.25) is 0 Å². The fraction of sp³-hybridized carbons (Fsp3) is 0.929. The molecule has 0 aliphatic carbocycles. The zero-order chi connectivity index (χ0) is 16.0. The number of methoxy groups -OCH3 is 1. The number of carbonyl (C=O) groups excluding carboxylic acids is 1. The van der Waals surface area contributed by atoms with Crippen molar-refractivity contribution in [1.82, 2.24) is 5.32 Å². The van der Waals surface area contributed by atoms with Crippen LogP contribution in [0.2, 0.25) is 6.04 Å². The topological polar surface area (TPSA) is 66.0 Å². The third kappa shape index (κ3) is 9.84. The van der Waals surface area contributed by atoms with E-state index in [0.29, 0.717) is 26.4 Å². The highest BCUT2D eigenvalue weighted by Crippen LogP contribution is 2.20. The first kappa shape index (κ1) is 20.4. The third-order valence-corrected chi connectivity index (χ3v) is 6.11. The molecule has 6 nitrogen and oxygen atoms in total. The van der Waals surface area contributed by atoms with Crippen LogP contribution in [-0.2, 0) is 18.0 Å². The Morgan fingerprint density at radius 3 is 1.90 bits per heavy atom. The van der Waals surface area contributed by atoms with Gasteiger partial charge >= 0.3 is 14.9 Å². The molecule has 0 atom stereocenters. The maximum absolute atomic E-state index is 10.9. The Labute approximate surface area is 129 Å². The van der Waals surface area contributed by atoms with Crippen LogP contribution >= 0.6 is 0 Å². The normalized spacial score (nSPS) is 11.4. The van der Waals surface area contributed by atoms with Crippen molar-refractivity contribution in [3.05, 3.63) is 0 Å². The molecule has 0 aromatic heterocycles. The number of alkyl carbamates (subject to hydrolysis) is 1. The van der Waals surface area contributed by atoms with Crippen LogP contribution in [0.3, 0.4) is 0 Å². The average Bonchev–Trinajstić information content (AvgIpc) is 2.46. The van der Waals surface area contributed by atoms with E-state index in [9.17, 15) is 4.79 Å². The number of rotatable bonds is 13. The lowest BCUT2D eigenvalue weighted by molar-refractivity contribution is 0.0706. The molecule has 0 aliphatic heterocycles. The molecule has 0 bridgehead atoms. The first-order valence-electron chi connectivity index (χ1n) is 7.87. The van der Waals surface area contributed by atoms with E-state index in [-0.39, 0.29) is 6.09 Å². The minimum atomic E-state index is -2.48. The number of amides is 1. The Balaban J connectivity index is 3.88. The van der Waals surface area contributed by atoms with E-state index in [1.165, 1.54) is 7.11 Å². The molecule has 0 heterocycles. The molecule has 1 amide bonds. The van der Waals surface area contributed by atoms with Crippen molar-refractivity contribution in [3.63, 3.8) is 0 Å². The van der Waals surface area contributed by atoms with Gasteiger partial charge in [-0.05, 0) is 33.6 Å². The summed E-state index contributed by atoms with van der Waals surface area (Å²) in [5.41, 5.74) is 0. The summed E-state index contributed by atoms with van der Waals surface area (Å²) < 4.78 is 21.9. The number of nitrogens with one attached hydrogen (secondary N) is 1. The van der Waals surface area contributed by atoms with E-state index in [1.54, 1.807) is 0 Å². The molecule has 0 saturated heterocycles. The van der Waals surface area contributed by atoms with Gasteiger partial charge in [-0.3, -0.25) is 0 Å². The Bertz CT molecular complexity index is 249. The predicted molar refractivity (Wildman–Crippen MR) is 84.3 cm³/mol. The summed E-state index contributed by atoms with van der Waals surface area (Å²) in [5.74, 6) is 0.